The molecule has 0 aliphatic heterocycles. The molecular weight excluding hydrogens is 545 g/mol. The van der Waals surface area contributed by atoms with Crippen LogP contribution in [-0.4, -0.2) is 0 Å². The maximum Gasteiger partial charge on any atom is 0.0385 e. The largest absolute Gasteiger partial charge is 0.0855 e. The highest BCUT2D eigenvalue weighted by Gasteiger charge is 2.23. The molecule has 6 aromatic carbocycles. The van der Waals surface area contributed by atoms with Crippen LogP contribution in [0.2, 0.25) is 0 Å². The molecule has 0 fully saturated rings. The third kappa shape index (κ3) is 6.11. The zero-order chi connectivity index (χ0) is 28.7. The van der Waals surface area contributed by atoms with Crippen molar-refractivity contribution in [3.8, 4) is 44.5 Å². The van der Waals surface area contributed by atoms with Crippen molar-refractivity contribution in [2.75, 3.05) is 0 Å². The summed E-state index contributed by atoms with van der Waals surface area (Å²) >= 11 is 0. The van der Waals surface area contributed by atoms with Crippen LogP contribution in [0.4, 0.5) is 0 Å². The summed E-state index contributed by atoms with van der Waals surface area (Å²) in [5.74, 6) is 0. The van der Waals surface area contributed by atoms with Gasteiger partial charge >= 0.3 is 0 Å². The Morgan fingerprint density at radius 3 is 0.786 bits per heavy atom. The zero-order valence-electron chi connectivity index (χ0n) is 24.0. The van der Waals surface area contributed by atoms with Crippen molar-refractivity contribution in [2.24, 2.45) is 0 Å². The van der Waals surface area contributed by atoms with Crippen molar-refractivity contribution < 1.29 is 0 Å². The van der Waals surface area contributed by atoms with Gasteiger partial charge in [0.2, 0.25) is 0 Å². The first-order valence-corrected chi connectivity index (χ1v) is 16.8. The van der Waals surface area contributed by atoms with Crippen LogP contribution >= 0.6 is 21.6 Å². The Hall–Kier alpha value is -3.98. The average Bonchev–Trinajstić information content (AvgIpc) is 3.08. The third-order valence-corrected chi connectivity index (χ3v) is 10.9. The number of benzene rings is 6. The Kier molecular flexibility index (Phi) is 8.94. The topological polar surface area (TPSA) is 0 Å². The summed E-state index contributed by atoms with van der Waals surface area (Å²) < 4.78 is 0. The molecule has 0 aliphatic rings. The molecule has 206 valence electrons. The van der Waals surface area contributed by atoms with Gasteiger partial charge < -0.3 is 0 Å². The minimum Gasteiger partial charge on any atom is -0.0855 e. The van der Waals surface area contributed by atoms with Crippen molar-refractivity contribution >= 4 is 21.6 Å². The molecule has 0 aliphatic carbocycles. The van der Waals surface area contributed by atoms with E-state index in [0.717, 1.165) is 0 Å². The molecule has 0 N–H and O–H groups in total. The molecular formula is C40H34S2. The van der Waals surface area contributed by atoms with Crippen LogP contribution < -0.4 is 0 Å². The molecule has 0 nitrogen and oxygen atoms in total. The van der Waals surface area contributed by atoms with Crippen molar-refractivity contribution in [2.45, 2.75) is 24.3 Å². The van der Waals surface area contributed by atoms with Crippen LogP contribution in [-0.2, 0) is 0 Å². The maximum absolute atomic E-state index is 2.36. The Bertz CT molecular complexity index is 1480. The summed E-state index contributed by atoms with van der Waals surface area (Å²) in [6.45, 7) is 4.72. The van der Waals surface area contributed by atoms with E-state index in [1.165, 1.54) is 55.6 Å². The first-order valence-electron chi connectivity index (χ1n) is 14.5. The van der Waals surface area contributed by atoms with Crippen molar-refractivity contribution in [1.82, 2.24) is 0 Å². The summed E-state index contributed by atoms with van der Waals surface area (Å²) in [7, 11) is 3.95. The van der Waals surface area contributed by atoms with Gasteiger partial charge in [-0.15, -0.1) is 0 Å². The molecule has 42 heavy (non-hydrogen) atoms. The SMILES string of the molecule is C[C@@H](SS[C@H](C)c1c(-c2ccccc2)cccc1-c1ccccc1)c1c(-c2ccccc2)cccc1-c1ccccc1. The van der Waals surface area contributed by atoms with Gasteiger partial charge in [-0.1, -0.05) is 179 Å². The molecule has 0 aromatic heterocycles. The minimum atomic E-state index is 0.271. The molecule has 6 rings (SSSR count). The van der Waals surface area contributed by atoms with Crippen LogP contribution in [0, 0.1) is 0 Å². The maximum atomic E-state index is 2.36. The van der Waals surface area contributed by atoms with Crippen LogP contribution in [0.15, 0.2) is 158 Å². The van der Waals surface area contributed by atoms with Crippen molar-refractivity contribution in [1.29, 1.82) is 0 Å². The first kappa shape index (κ1) is 28.2. The van der Waals surface area contributed by atoms with E-state index in [0.29, 0.717) is 0 Å². The lowest BCUT2D eigenvalue weighted by Gasteiger charge is -2.24. The third-order valence-electron chi connectivity index (χ3n) is 7.71. The highest BCUT2D eigenvalue weighted by molar-refractivity contribution is 8.76. The molecule has 0 radical (unpaired) electrons. The van der Waals surface area contributed by atoms with Gasteiger partial charge in [0, 0.05) is 10.5 Å². The van der Waals surface area contributed by atoms with Gasteiger partial charge in [0.05, 0.1) is 0 Å². The summed E-state index contributed by atoms with van der Waals surface area (Å²) in [6.07, 6.45) is 0. The van der Waals surface area contributed by atoms with Gasteiger partial charge in [-0.3, -0.25) is 0 Å². The first-order chi connectivity index (χ1) is 20.7. The Morgan fingerprint density at radius 1 is 0.310 bits per heavy atom. The van der Waals surface area contributed by atoms with Gasteiger partial charge in [-0.25, -0.2) is 0 Å². The number of hydrogen-bond donors (Lipinski definition) is 0. The van der Waals surface area contributed by atoms with E-state index in [1.807, 2.05) is 21.6 Å². The fraction of sp³-hybridized carbons (Fsp3) is 0.100. The predicted octanol–water partition coefficient (Wildman–Crippen LogP) is 12.6. The van der Waals surface area contributed by atoms with Crippen LogP contribution in [0.5, 0.6) is 0 Å². The second-order valence-electron chi connectivity index (χ2n) is 10.5. The lowest BCUT2D eigenvalue weighted by Crippen LogP contribution is -1.99. The van der Waals surface area contributed by atoms with Gasteiger partial charge in [-0.05, 0) is 69.5 Å². The molecule has 2 atom stereocenters. The second-order valence-corrected chi connectivity index (χ2v) is 13.4. The van der Waals surface area contributed by atoms with E-state index in [-0.39, 0.29) is 10.5 Å². The summed E-state index contributed by atoms with van der Waals surface area (Å²) in [6, 6.07) is 56.7. The van der Waals surface area contributed by atoms with Gasteiger partial charge in [0.15, 0.2) is 0 Å². The predicted molar refractivity (Wildman–Crippen MR) is 187 cm³/mol. The molecule has 0 saturated carbocycles. The zero-order valence-corrected chi connectivity index (χ0v) is 25.6. The quantitative estimate of drug-likeness (QED) is 0.157. The molecule has 0 bridgehead atoms. The molecule has 0 saturated heterocycles. The lowest BCUT2D eigenvalue weighted by molar-refractivity contribution is 1.10. The highest BCUT2D eigenvalue weighted by atomic mass is 33.1. The Labute approximate surface area is 258 Å². The summed E-state index contributed by atoms with van der Waals surface area (Å²) in [5, 5.41) is 0.543. The second kappa shape index (κ2) is 13.3. The van der Waals surface area contributed by atoms with E-state index in [2.05, 4.69) is 172 Å². The molecule has 0 amide bonds. The molecule has 0 heterocycles. The summed E-state index contributed by atoms with van der Waals surface area (Å²) in [4.78, 5) is 0. The number of hydrogen-bond acceptors (Lipinski definition) is 2. The Morgan fingerprint density at radius 2 is 0.548 bits per heavy atom. The van der Waals surface area contributed by atoms with Gasteiger partial charge in [0.25, 0.3) is 0 Å². The molecule has 0 unspecified atom stereocenters. The monoisotopic (exact) mass is 578 g/mol. The Balaban J connectivity index is 1.38. The van der Waals surface area contributed by atoms with E-state index < -0.39 is 0 Å². The van der Waals surface area contributed by atoms with Crippen molar-refractivity contribution in [3.05, 3.63) is 169 Å². The summed E-state index contributed by atoms with van der Waals surface area (Å²) in [5.41, 5.74) is 13.0. The smallest absolute Gasteiger partial charge is 0.0385 e. The molecule has 2 heteroatoms. The van der Waals surface area contributed by atoms with Crippen molar-refractivity contribution in [3.63, 3.8) is 0 Å². The minimum absolute atomic E-state index is 0.271. The fourth-order valence-corrected chi connectivity index (χ4v) is 8.36. The average molecular weight is 579 g/mol. The van der Waals surface area contributed by atoms with Crippen LogP contribution in [0.3, 0.4) is 0 Å². The van der Waals surface area contributed by atoms with Gasteiger partial charge in [-0.2, -0.15) is 0 Å². The fourth-order valence-electron chi connectivity index (χ4n) is 5.75. The standard InChI is InChI=1S/C40H34S2/c1-29(39-35(31-17-7-3-8-18-31)25-15-26-36(39)32-19-9-4-10-20-32)41-42-30(2)40-37(33-21-11-5-12-22-33)27-16-28-38(40)34-23-13-6-14-24-34/h3-30H,1-2H3/t29-,30-/m1/s1. The van der Waals surface area contributed by atoms with Gasteiger partial charge in [0.1, 0.15) is 0 Å². The van der Waals surface area contributed by atoms with E-state index in [1.54, 1.807) is 0 Å². The van der Waals surface area contributed by atoms with E-state index in [4.69, 9.17) is 0 Å². The highest BCUT2D eigenvalue weighted by Crippen LogP contribution is 2.52. The van der Waals surface area contributed by atoms with E-state index >= 15 is 0 Å². The van der Waals surface area contributed by atoms with Crippen LogP contribution in [0.25, 0.3) is 44.5 Å². The van der Waals surface area contributed by atoms with E-state index in [9.17, 15) is 0 Å². The molecule has 0 spiro atoms. The normalized spacial score (nSPS) is 12.5. The lowest BCUT2D eigenvalue weighted by atomic mass is 9.90. The molecule has 6 aromatic rings. The van der Waals surface area contributed by atoms with Crippen LogP contribution in [0.1, 0.15) is 35.5 Å². The number of rotatable bonds is 9.